The van der Waals surface area contributed by atoms with Gasteiger partial charge in [0.05, 0.1) is 12.6 Å². The fraction of sp³-hybridized carbons (Fsp3) is 0.0588. The van der Waals surface area contributed by atoms with E-state index in [0.717, 1.165) is 10.9 Å². The Kier molecular flexibility index (Phi) is 3.17. The number of benzene rings is 2. The summed E-state index contributed by atoms with van der Waals surface area (Å²) in [6.45, 7) is 0. The summed E-state index contributed by atoms with van der Waals surface area (Å²) in [7, 11) is 1.49. The van der Waals surface area contributed by atoms with Gasteiger partial charge in [0.2, 0.25) is 0 Å². The van der Waals surface area contributed by atoms with Gasteiger partial charge in [-0.3, -0.25) is 0 Å². The highest BCUT2D eigenvalue weighted by atomic mass is 16.5. The highest BCUT2D eigenvalue weighted by molar-refractivity contribution is 5.88. The van der Waals surface area contributed by atoms with Crippen molar-refractivity contribution >= 4 is 10.9 Å². The maximum Gasteiger partial charge on any atom is 0.165 e. The number of phenols is 1. The molecule has 0 aliphatic heterocycles. The zero-order valence-electron chi connectivity index (χ0n) is 11.4. The van der Waals surface area contributed by atoms with E-state index in [1.54, 1.807) is 18.2 Å². The highest BCUT2D eigenvalue weighted by Gasteiger charge is 2.14. The Morgan fingerprint density at radius 3 is 2.67 bits per heavy atom. The van der Waals surface area contributed by atoms with Crippen LogP contribution in [0.25, 0.3) is 22.0 Å². The zero-order chi connectivity index (χ0) is 14.8. The number of fused-ring (bicyclic) bond motifs is 1. The van der Waals surface area contributed by atoms with Crippen molar-refractivity contribution < 1.29 is 9.84 Å². The number of aromatic nitrogens is 1. The van der Waals surface area contributed by atoms with Crippen LogP contribution in [0.2, 0.25) is 0 Å². The molecule has 0 atom stereocenters. The molecular weight excluding hydrogens is 264 g/mol. The quantitative estimate of drug-likeness (QED) is 0.778. The molecule has 3 aromatic rings. The molecule has 0 spiro atoms. The Morgan fingerprint density at radius 2 is 1.90 bits per heavy atom. The lowest BCUT2D eigenvalue weighted by atomic mass is 10.0. The summed E-state index contributed by atoms with van der Waals surface area (Å²) in [6, 6.07) is 16.7. The predicted molar refractivity (Wildman–Crippen MR) is 80.1 cm³/mol. The summed E-state index contributed by atoms with van der Waals surface area (Å²) in [5, 5.41) is 20.5. The Bertz CT molecular complexity index is 866. The first-order valence-electron chi connectivity index (χ1n) is 6.41. The molecule has 3 rings (SSSR count). The third-order valence-corrected chi connectivity index (χ3v) is 3.34. The number of phenolic OH excluding ortho intramolecular Hbond substituents is 1. The molecule has 0 amide bonds. The molecule has 0 aliphatic carbocycles. The van der Waals surface area contributed by atoms with Crippen molar-refractivity contribution in [1.82, 2.24) is 4.98 Å². The SMILES string of the molecule is COc1cccc(-c2cc3ccccc3nc2C#N)c1O. The lowest BCUT2D eigenvalue weighted by Crippen LogP contribution is -1.92. The molecule has 21 heavy (non-hydrogen) atoms. The maximum atomic E-state index is 10.3. The number of ether oxygens (including phenoxy) is 1. The molecule has 4 heteroatoms. The zero-order valence-corrected chi connectivity index (χ0v) is 11.4. The number of nitriles is 1. The second-order valence-corrected chi connectivity index (χ2v) is 4.55. The first-order valence-corrected chi connectivity index (χ1v) is 6.41. The average Bonchev–Trinajstić information content (AvgIpc) is 2.54. The largest absolute Gasteiger partial charge is 0.504 e. The standard InChI is InChI=1S/C17H12N2O2/c1-21-16-8-4-6-12(17(16)20)13-9-11-5-2-3-7-14(11)19-15(13)10-18/h2-9,20H,1H3. The minimum Gasteiger partial charge on any atom is -0.504 e. The maximum absolute atomic E-state index is 10.3. The molecule has 0 radical (unpaired) electrons. The molecule has 1 N–H and O–H groups in total. The molecule has 1 heterocycles. The number of hydrogen-bond donors (Lipinski definition) is 1. The van der Waals surface area contributed by atoms with Gasteiger partial charge >= 0.3 is 0 Å². The van der Waals surface area contributed by atoms with E-state index < -0.39 is 0 Å². The number of rotatable bonds is 2. The van der Waals surface area contributed by atoms with E-state index in [4.69, 9.17) is 4.74 Å². The van der Waals surface area contributed by atoms with Crippen LogP contribution in [0.1, 0.15) is 5.69 Å². The van der Waals surface area contributed by atoms with E-state index in [-0.39, 0.29) is 11.4 Å². The van der Waals surface area contributed by atoms with Crippen LogP contribution in [0.15, 0.2) is 48.5 Å². The van der Waals surface area contributed by atoms with Crippen LogP contribution in [0.3, 0.4) is 0 Å². The fourth-order valence-electron chi connectivity index (χ4n) is 2.31. The summed E-state index contributed by atoms with van der Waals surface area (Å²) in [4.78, 5) is 4.35. The first-order chi connectivity index (χ1) is 10.2. The van der Waals surface area contributed by atoms with Crippen LogP contribution in [0, 0.1) is 11.3 Å². The van der Waals surface area contributed by atoms with E-state index in [1.165, 1.54) is 7.11 Å². The Balaban J connectivity index is 2.32. The van der Waals surface area contributed by atoms with Crippen molar-refractivity contribution in [1.29, 1.82) is 5.26 Å². The van der Waals surface area contributed by atoms with E-state index in [0.29, 0.717) is 16.9 Å². The van der Waals surface area contributed by atoms with Crippen molar-refractivity contribution in [3.63, 3.8) is 0 Å². The number of methoxy groups -OCH3 is 1. The van der Waals surface area contributed by atoms with Crippen LogP contribution in [0.5, 0.6) is 11.5 Å². The fourth-order valence-corrected chi connectivity index (χ4v) is 2.31. The van der Waals surface area contributed by atoms with Crippen LogP contribution in [-0.4, -0.2) is 17.2 Å². The van der Waals surface area contributed by atoms with E-state index >= 15 is 0 Å². The van der Waals surface area contributed by atoms with Gasteiger partial charge in [0.15, 0.2) is 11.5 Å². The molecular formula is C17H12N2O2. The summed E-state index contributed by atoms with van der Waals surface area (Å²) >= 11 is 0. The van der Waals surface area contributed by atoms with Crippen molar-refractivity contribution in [2.45, 2.75) is 0 Å². The molecule has 0 unspecified atom stereocenters. The molecule has 0 aliphatic rings. The van der Waals surface area contributed by atoms with Gasteiger partial charge in [0.25, 0.3) is 0 Å². The van der Waals surface area contributed by atoms with Gasteiger partial charge in [0, 0.05) is 16.5 Å². The number of hydrogen-bond acceptors (Lipinski definition) is 4. The molecule has 102 valence electrons. The Hall–Kier alpha value is -3.06. The monoisotopic (exact) mass is 276 g/mol. The van der Waals surface area contributed by atoms with Crippen LogP contribution < -0.4 is 4.74 Å². The second-order valence-electron chi connectivity index (χ2n) is 4.55. The number of nitrogens with zero attached hydrogens (tertiary/aromatic N) is 2. The van der Waals surface area contributed by atoms with Gasteiger partial charge in [-0.25, -0.2) is 4.98 Å². The van der Waals surface area contributed by atoms with Crippen LogP contribution >= 0.6 is 0 Å². The second kappa shape index (κ2) is 5.14. The molecule has 1 aromatic heterocycles. The summed E-state index contributed by atoms with van der Waals surface area (Å²) in [5.41, 5.74) is 2.15. The van der Waals surface area contributed by atoms with Crippen molar-refractivity contribution in [3.8, 4) is 28.7 Å². The van der Waals surface area contributed by atoms with Gasteiger partial charge in [-0.15, -0.1) is 0 Å². The smallest absolute Gasteiger partial charge is 0.165 e. The van der Waals surface area contributed by atoms with Gasteiger partial charge in [-0.2, -0.15) is 5.26 Å². The average molecular weight is 276 g/mol. The molecule has 0 fully saturated rings. The van der Waals surface area contributed by atoms with Crippen molar-refractivity contribution in [2.24, 2.45) is 0 Å². The Morgan fingerprint density at radius 1 is 1.10 bits per heavy atom. The number of pyridine rings is 1. The molecule has 0 bridgehead atoms. The van der Waals surface area contributed by atoms with Gasteiger partial charge < -0.3 is 9.84 Å². The molecule has 0 saturated heterocycles. The summed E-state index contributed by atoms with van der Waals surface area (Å²) in [5.74, 6) is 0.373. The third kappa shape index (κ3) is 2.15. The van der Waals surface area contributed by atoms with E-state index in [9.17, 15) is 10.4 Å². The first kappa shape index (κ1) is 12.9. The normalized spacial score (nSPS) is 10.3. The number of para-hydroxylation sites is 2. The van der Waals surface area contributed by atoms with Crippen molar-refractivity contribution in [3.05, 3.63) is 54.2 Å². The van der Waals surface area contributed by atoms with E-state index in [1.807, 2.05) is 30.3 Å². The summed E-state index contributed by atoms with van der Waals surface area (Å²) < 4.78 is 5.11. The predicted octanol–water partition coefficient (Wildman–Crippen LogP) is 3.49. The molecule has 0 saturated carbocycles. The Labute approximate surface area is 121 Å². The number of aromatic hydroxyl groups is 1. The lowest BCUT2D eigenvalue weighted by Gasteiger charge is -2.10. The van der Waals surface area contributed by atoms with Gasteiger partial charge in [0.1, 0.15) is 11.8 Å². The van der Waals surface area contributed by atoms with Gasteiger partial charge in [-0.05, 0) is 18.2 Å². The summed E-state index contributed by atoms with van der Waals surface area (Å²) in [6.07, 6.45) is 0. The van der Waals surface area contributed by atoms with Crippen LogP contribution in [-0.2, 0) is 0 Å². The molecule has 4 nitrogen and oxygen atoms in total. The minimum absolute atomic E-state index is 0.00795. The molecule has 2 aromatic carbocycles. The van der Waals surface area contributed by atoms with Crippen LogP contribution in [0.4, 0.5) is 0 Å². The van der Waals surface area contributed by atoms with E-state index in [2.05, 4.69) is 11.1 Å². The van der Waals surface area contributed by atoms with Gasteiger partial charge in [-0.1, -0.05) is 30.3 Å². The minimum atomic E-state index is 0.00795. The highest BCUT2D eigenvalue weighted by Crippen LogP contribution is 2.38. The van der Waals surface area contributed by atoms with Crippen molar-refractivity contribution in [2.75, 3.05) is 7.11 Å². The topological polar surface area (TPSA) is 66.1 Å². The third-order valence-electron chi connectivity index (χ3n) is 3.34. The lowest BCUT2D eigenvalue weighted by molar-refractivity contribution is 0.374.